The summed E-state index contributed by atoms with van der Waals surface area (Å²) >= 11 is 13.5. The molecule has 0 unspecified atom stereocenters. The molecule has 4 rings (SSSR count). The predicted octanol–water partition coefficient (Wildman–Crippen LogP) is 4.83. The molecule has 1 amide bonds. The van der Waals surface area contributed by atoms with Crippen molar-refractivity contribution in [2.45, 2.75) is 30.5 Å². The fourth-order valence-electron chi connectivity index (χ4n) is 2.68. The number of furan rings is 1. The number of halogens is 2. The summed E-state index contributed by atoms with van der Waals surface area (Å²) in [6.45, 7) is 0.548. The maximum atomic E-state index is 12.3. The van der Waals surface area contributed by atoms with Gasteiger partial charge in [0.25, 0.3) is 0 Å². The van der Waals surface area contributed by atoms with Gasteiger partial charge in [0.2, 0.25) is 5.91 Å². The highest BCUT2D eigenvalue weighted by Gasteiger charge is 2.30. The minimum absolute atomic E-state index is 0.169. The van der Waals surface area contributed by atoms with E-state index in [0.717, 1.165) is 24.4 Å². The lowest BCUT2D eigenvalue weighted by Gasteiger charge is -2.10. The second-order valence-electron chi connectivity index (χ2n) is 6.21. The van der Waals surface area contributed by atoms with Crippen LogP contribution in [0.3, 0.4) is 0 Å². The molecule has 0 bridgehead atoms. The molecule has 0 atom stereocenters. The Morgan fingerprint density at radius 3 is 2.67 bits per heavy atom. The number of thioether (sulfide) groups is 1. The van der Waals surface area contributed by atoms with Gasteiger partial charge in [0.15, 0.2) is 5.16 Å². The van der Waals surface area contributed by atoms with E-state index in [4.69, 9.17) is 27.6 Å². The third kappa shape index (κ3) is 4.31. The SMILES string of the molecule is O=C(CSc1nnc(C2CC2)n1Cc1ccco1)Nc1c(Cl)cccc1Cl. The average Bonchev–Trinajstić information content (AvgIpc) is 3.21. The number of anilines is 1. The molecule has 1 fully saturated rings. The van der Waals surface area contributed by atoms with Gasteiger partial charge in [-0.2, -0.15) is 0 Å². The molecule has 1 N–H and O–H groups in total. The number of amides is 1. The zero-order valence-corrected chi connectivity index (χ0v) is 16.5. The van der Waals surface area contributed by atoms with Gasteiger partial charge in [-0.05, 0) is 37.1 Å². The molecule has 27 heavy (non-hydrogen) atoms. The number of para-hydroxylation sites is 1. The van der Waals surface area contributed by atoms with E-state index in [-0.39, 0.29) is 11.7 Å². The number of nitrogens with one attached hydrogen (secondary N) is 1. The van der Waals surface area contributed by atoms with Gasteiger partial charge in [0.05, 0.1) is 34.3 Å². The van der Waals surface area contributed by atoms with Gasteiger partial charge < -0.3 is 9.73 Å². The summed E-state index contributed by atoms with van der Waals surface area (Å²) in [5.74, 6) is 2.17. The third-order valence-electron chi connectivity index (χ3n) is 4.14. The Labute approximate surface area is 170 Å². The highest BCUT2D eigenvalue weighted by molar-refractivity contribution is 7.99. The van der Waals surface area contributed by atoms with Gasteiger partial charge in [0.1, 0.15) is 11.6 Å². The van der Waals surface area contributed by atoms with E-state index in [2.05, 4.69) is 15.5 Å². The van der Waals surface area contributed by atoms with Crippen LogP contribution in [0, 0.1) is 0 Å². The second-order valence-corrected chi connectivity index (χ2v) is 7.97. The van der Waals surface area contributed by atoms with Crippen LogP contribution in [-0.4, -0.2) is 26.4 Å². The maximum Gasteiger partial charge on any atom is 0.234 e. The van der Waals surface area contributed by atoms with Gasteiger partial charge in [-0.25, -0.2) is 0 Å². The summed E-state index contributed by atoms with van der Waals surface area (Å²) in [4.78, 5) is 12.3. The van der Waals surface area contributed by atoms with Crippen molar-refractivity contribution in [1.82, 2.24) is 14.8 Å². The molecule has 0 aliphatic heterocycles. The molecule has 1 aliphatic rings. The summed E-state index contributed by atoms with van der Waals surface area (Å²) in [6, 6.07) is 8.85. The normalized spacial score (nSPS) is 13.7. The topological polar surface area (TPSA) is 73.0 Å². The van der Waals surface area contributed by atoms with Crippen molar-refractivity contribution >= 4 is 46.6 Å². The average molecular weight is 423 g/mol. The first kappa shape index (κ1) is 18.4. The number of aromatic nitrogens is 3. The fourth-order valence-corrected chi connectivity index (χ4v) is 3.92. The van der Waals surface area contributed by atoms with Crippen LogP contribution < -0.4 is 5.32 Å². The first-order valence-corrected chi connectivity index (χ1v) is 10.2. The zero-order valence-electron chi connectivity index (χ0n) is 14.2. The van der Waals surface area contributed by atoms with Crippen LogP contribution in [0.4, 0.5) is 5.69 Å². The molecular formula is C18H16Cl2N4O2S. The molecule has 2 aromatic heterocycles. The van der Waals surface area contributed by atoms with E-state index in [0.29, 0.717) is 33.4 Å². The Morgan fingerprint density at radius 1 is 1.22 bits per heavy atom. The Morgan fingerprint density at radius 2 is 2.00 bits per heavy atom. The van der Waals surface area contributed by atoms with Crippen LogP contribution in [-0.2, 0) is 11.3 Å². The van der Waals surface area contributed by atoms with Crippen LogP contribution in [0.15, 0.2) is 46.2 Å². The third-order valence-corrected chi connectivity index (χ3v) is 5.74. The molecular weight excluding hydrogens is 407 g/mol. The quantitative estimate of drug-likeness (QED) is 0.551. The number of hydrogen-bond acceptors (Lipinski definition) is 5. The summed E-state index contributed by atoms with van der Waals surface area (Å²) in [5, 5.41) is 12.8. The molecule has 0 saturated heterocycles. The number of carbonyl (C=O) groups excluding carboxylic acids is 1. The largest absolute Gasteiger partial charge is 0.467 e. The van der Waals surface area contributed by atoms with Crippen LogP contribution in [0.5, 0.6) is 0 Å². The van der Waals surface area contributed by atoms with Crippen molar-refractivity contribution in [2.75, 3.05) is 11.1 Å². The van der Waals surface area contributed by atoms with Crippen molar-refractivity contribution in [3.63, 3.8) is 0 Å². The summed E-state index contributed by atoms with van der Waals surface area (Å²) in [6.07, 6.45) is 3.88. The van der Waals surface area contributed by atoms with Crippen LogP contribution >= 0.6 is 35.0 Å². The lowest BCUT2D eigenvalue weighted by molar-refractivity contribution is -0.113. The van der Waals surface area contributed by atoms with Gasteiger partial charge >= 0.3 is 0 Å². The van der Waals surface area contributed by atoms with Crippen molar-refractivity contribution in [1.29, 1.82) is 0 Å². The number of hydrogen-bond donors (Lipinski definition) is 1. The second kappa shape index (κ2) is 7.96. The lowest BCUT2D eigenvalue weighted by atomic mass is 10.3. The highest BCUT2D eigenvalue weighted by Crippen LogP contribution is 2.40. The summed E-state index contributed by atoms with van der Waals surface area (Å²) < 4.78 is 7.48. The van der Waals surface area contributed by atoms with E-state index in [1.165, 1.54) is 11.8 Å². The molecule has 140 valence electrons. The van der Waals surface area contributed by atoms with Gasteiger partial charge in [-0.3, -0.25) is 9.36 Å². The van der Waals surface area contributed by atoms with Crippen LogP contribution in [0.2, 0.25) is 10.0 Å². The number of nitrogens with zero attached hydrogens (tertiary/aromatic N) is 3. The first-order valence-electron chi connectivity index (χ1n) is 8.44. The minimum atomic E-state index is -0.212. The molecule has 9 heteroatoms. The Hall–Kier alpha value is -1.96. The Kier molecular flexibility index (Phi) is 5.43. The molecule has 3 aromatic rings. The van der Waals surface area contributed by atoms with Crippen molar-refractivity contribution in [3.05, 3.63) is 58.2 Å². The van der Waals surface area contributed by atoms with E-state index in [1.807, 2.05) is 16.7 Å². The molecule has 1 aromatic carbocycles. The predicted molar refractivity (Wildman–Crippen MR) is 106 cm³/mol. The highest BCUT2D eigenvalue weighted by atomic mass is 35.5. The Bertz CT molecular complexity index is 934. The molecule has 6 nitrogen and oxygen atoms in total. The van der Waals surface area contributed by atoms with E-state index in [1.54, 1.807) is 24.5 Å². The molecule has 1 saturated carbocycles. The fraction of sp³-hybridized carbons (Fsp3) is 0.278. The van der Waals surface area contributed by atoms with Gasteiger partial charge in [0, 0.05) is 5.92 Å². The zero-order chi connectivity index (χ0) is 18.8. The van der Waals surface area contributed by atoms with Gasteiger partial charge in [-0.1, -0.05) is 41.0 Å². The minimum Gasteiger partial charge on any atom is -0.467 e. The monoisotopic (exact) mass is 422 g/mol. The summed E-state index contributed by atoms with van der Waals surface area (Å²) in [7, 11) is 0. The van der Waals surface area contributed by atoms with Crippen LogP contribution in [0.25, 0.3) is 0 Å². The lowest BCUT2D eigenvalue weighted by Crippen LogP contribution is -2.15. The van der Waals surface area contributed by atoms with E-state index >= 15 is 0 Å². The molecule has 0 radical (unpaired) electrons. The number of rotatable bonds is 7. The van der Waals surface area contributed by atoms with E-state index in [9.17, 15) is 4.79 Å². The smallest absolute Gasteiger partial charge is 0.234 e. The van der Waals surface area contributed by atoms with Gasteiger partial charge in [-0.15, -0.1) is 10.2 Å². The van der Waals surface area contributed by atoms with Crippen molar-refractivity contribution < 1.29 is 9.21 Å². The first-order chi connectivity index (χ1) is 13.1. The van der Waals surface area contributed by atoms with E-state index < -0.39 is 0 Å². The standard InChI is InChI=1S/C18H16Cl2N4O2S/c19-13-4-1-5-14(20)16(13)21-15(25)10-27-18-23-22-17(11-6-7-11)24(18)9-12-3-2-8-26-12/h1-5,8,11H,6-7,9-10H2,(H,21,25). The number of carbonyl (C=O) groups is 1. The maximum absolute atomic E-state index is 12.3. The Balaban J connectivity index is 1.45. The van der Waals surface area contributed by atoms with Crippen LogP contribution in [0.1, 0.15) is 30.3 Å². The van der Waals surface area contributed by atoms with Crippen molar-refractivity contribution in [2.24, 2.45) is 0 Å². The van der Waals surface area contributed by atoms with Crippen molar-refractivity contribution in [3.8, 4) is 0 Å². The summed E-state index contributed by atoms with van der Waals surface area (Å²) in [5.41, 5.74) is 0.419. The molecule has 2 heterocycles. The molecule has 1 aliphatic carbocycles. The molecule has 0 spiro atoms. The number of benzene rings is 1.